The van der Waals surface area contributed by atoms with Gasteiger partial charge in [-0.3, -0.25) is 9.59 Å². The molecule has 0 spiro atoms. The zero-order chi connectivity index (χ0) is 11.1. The lowest BCUT2D eigenvalue weighted by Crippen LogP contribution is -2.29. The lowest BCUT2D eigenvalue weighted by molar-refractivity contribution is -0.144. The summed E-state index contributed by atoms with van der Waals surface area (Å²) in [6.07, 6.45) is 2.83. The standard InChI is InChI=1S/C11H18O4/c1-2-14-11(13)7-3-6-10-9(12)5-4-8-15-10/h10H,2-8H2,1H3. The zero-order valence-corrected chi connectivity index (χ0v) is 9.16. The molecule has 86 valence electrons. The van der Waals surface area contributed by atoms with Gasteiger partial charge in [0.05, 0.1) is 6.61 Å². The Hall–Kier alpha value is -0.900. The first-order valence-corrected chi connectivity index (χ1v) is 5.54. The number of ketones is 1. The first-order chi connectivity index (χ1) is 7.24. The summed E-state index contributed by atoms with van der Waals surface area (Å²) >= 11 is 0. The second kappa shape index (κ2) is 6.56. The lowest BCUT2D eigenvalue weighted by atomic mass is 10.0. The molecule has 1 heterocycles. The summed E-state index contributed by atoms with van der Waals surface area (Å²) < 4.78 is 10.1. The predicted octanol–water partition coefficient (Wildman–Crippen LogP) is 1.47. The van der Waals surface area contributed by atoms with Crippen molar-refractivity contribution in [2.45, 2.75) is 45.1 Å². The molecule has 1 fully saturated rings. The molecule has 0 N–H and O–H groups in total. The van der Waals surface area contributed by atoms with Gasteiger partial charge in [-0.15, -0.1) is 0 Å². The number of carbonyl (C=O) groups excluding carboxylic acids is 2. The highest BCUT2D eigenvalue weighted by molar-refractivity contribution is 5.83. The summed E-state index contributed by atoms with van der Waals surface area (Å²) in [6.45, 7) is 2.86. The van der Waals surface area contributed by atoms with Crippen molar-refractivity contribution in [3.63, 3.8) is 0 Å². The van der Waals surface area contributed by atoms with E-state index in [0.717, 1.165) is 6.42 Å². The van der Waals surface area contributed by atoms with Crippen LogP contribution in [0.1, 0.15) is 39.0 Å². The summed E-state index contributed by atoms with van der Waals surface area (Å²) in [7, 11) is 0. The number of ether oxygens (including phenoxy) is 2. The Morgan fingerprint density at radius 1 is 1.60 bits per heavy atom. The van der Waals surface area contributed by atoms with Gasteiger partial charge in [-0.05, 0) is 26.2 Å². The molecule has 1 atom stereocenters. The van der Waals surface area contributed by atoms with Crippen LogP contribution in [0.3, 0.4) is 0 Å². The van der Waals surface area contributed by atoms with Crippen molar-refractivity contribution in [3.8, 4) is 0 Å². The Balaban J connectivity index is 2.13. The van der Waals surface area contributed by atoms with E-state index in [1.54, 1.807) is 6.92 Å². The summed E-state index contributed by atoms with van der Waals surface area (Å²) in [5.74, 6) is -0.0223. The third kappa shape index (κ3) is 4.42. The first-order valence-electron chi connectivity index (χ1n) is 5.54. The van der Waals surface area contributed by atoms with Crippen molar-refractivity contribution in [3.05, 3.63) is 0 Å². The van der Waals surface area contributed by atoms with Crippen LogP contribution in [0.25, 0.3) is 0 Å². The van der Waals surface area contributed by atoms with Crippen LogP contribution in [-0.4, -0.2) is 31.1 Å². The Labute approximate surface area is 89.9 Å². The molecule has 1 aliphatic rings. The summed E-state index contributed by atoms with van der Waals surface area (Å²) in [5, 5.41) is 0. The van der Waals surface area contributed by atoms with Crippen molar-refractivity contribution in [1.82, 2.24) is 0 Å². The number of carbonyl (C=O) groups is 2. The monoisotopic (exact) mass is 214 g/mol. The van der Waals surface area contributed by atoms with E-state index in [9.17, 15) is 9.59 Å². The van der Waals surface area contributed by atoms with E-state index in [0.29, 0.717) is 38.9 Å². The summed E-state index contributed by atoms with van der Waals surface area (Å²) in [5.41, 5.74) is 0. The number of hydrogen-bond acceptors (Lipinski definition) is 4. The number of rotatable bonds is 5. The maximum Gasteiger partial charge on any atom is 0.305 e. The van der Waals surface area contributed by atoms with Crippen LogP contribution in [-0.2, 0) is 19.1 Å². The lowest BCUT2D eigenvalue weighted by Gasteiger charge is -2.20. The fourth-order valence-corrected chi connectivity index (χ4v) is 1.64. The Kier molecular flexibility index (Phi) is 5.32. The molecule has 0 bridgehead atoms. The van der Waals surface area contributed by atoms with E-state index in [1.165, 1.54) is 0 Å². The second-order valence-electron chi connectivity index (χ2n) is 3.63. The number of esters is 1. The van der Waals surface area contributed by atoms with Gasteiger partial charge in [0, 0.05) is 19.4 Å². The largest absolute Gasteiger partial charge is 0.466 e. The van der Waals surface area contributed by atoms with Gasteiger partial charge >= 0.3 is 5.97 Å². The minimum Gasteiger partial charge on any atom is -0.466 e. The zero-order valence-electron chi connectivity index (χ0n) is 9.16. The van der Waals surface area contributed by atoms with Crippen LogP contribution in [0, 0.1) is 0 Å². The highest BCUT2D eigenvalue weighted by Gasteiger charge is 2.22. The van der Waals surface area contributed by atoms with Crippen LogP contribution in [0.15, 0.2) is 0 Å². The minimum absolute atomic E-state index is 0.171. The quantitative estimate of drug-likeness (QED) is 0.650. The van der Waals surface area contributed by atoms with Gasteiger partial charge in [0.2, 0.25) is 0 Å². The van der Waals surface area contributed by atoms with E-state index >= 15 is 0 Å². The number of hydrogen-bond donors (Lipinski definition) is 0. The van der Waals surface area contributed by atoms with Crippen LogP contribution < -0.4 is 0 Å². The normalized spacial score (nSPS) is 21.4. The molecule has 1 unspecified atom stereocenters. The minimum atomic E-state index is -0.284. The van der Waals surface area contributed by atoms with Crippen molar-refractivity contribution < 1.29 is 19.1 Å². The molecule has 4 heteroatoms. The molecule has 4 nitrogen and oxygen atoms in total. The van der Waals surface area contributed by atoms with Crippen molar-refractivity contribution in [1.29, 1.82) is 0 Å². The van der Waals surface area contributed by atoms with Crippen molar-refractivity contribution >= 4 is 11.8 Å². The molecule has 0 aliphatic carbocycles. The van der Waals surface area contributed by atoms with Gasteiger partial charge in [0.25, 0.3) is 0 Å². The molecule has 0 amide bonds. The predicted molar refractivity (Wildman–Crippen MR) is 54.5 cm³/mol. The molecule has 0 aromatic rings. The Morgan fingerprint density at radius 2 is 2.40 bits per heavy atom. The molecule has 0 aromatic heterocycles. The van der Waals surface area contributed by atoms with Gasteiger partial charge in [0.1, 0.15) is 6.10 Å². The van der Waals surface area contributed by atoms with Crippen LogP contribution in [0.4, 0.5) is 0 Å². The van der Waals surface area contributed by atoms with Crippen LogP contribution in [0.5, 0.6) is 0 Å². The third-order valence-electron chi connectivity index (χ3n) is 2.40. The Morgan fingerprint density at radius 3 is 3.07 bits per heavy atom. The van der Waals surface area contributed by atoms with Crippen LogP contribution in [0.2, 0.25) is 0 Å². The van der Waals surface area contributed by atoms with E-state index < -0.39 is 0 Å². The van der Waals surface area contributed by atoms with Gasteiger partial charge in [-0.1, -0.05) is 0 Å². The summed E-state index contributed by atoms with van der Waals surface area (Å²) in [4.78, 5) is 22.4. The molecule has 1 rings (SSSR count). The average molecular weight is 214 g/mol. The smallest absolute Gasteiger partial charge is 0.305 e. The fraction of sp³-hybridized carbons (Fsp3) is 0.818. The van der Waals surface area contributed by atoms with Gasteiger partial charge in [-0.2, -0.15) is 0 Å². The van der Waals surface area contributed by atoms with Crippen LogP contribution >= 0.6 is 0 Å². The van der Waals surface area contributed by atoms with E-state index in [-0.39, 0.29) is 17.9 Å². The SMILES string of the molecule is CCOC(=O)CCCC1OCCCC1=O. The van der Waals surface area contributed by atoms with E-state index in [2.05, 4.69) is 0 Å². The molecule has 1 saturated heterocycles. The molecule has 0 saturated carbocycles. The molecular formula is C11H18O4. The van der Waals surface area contributed by atoms with Crippen molar-refractivity contribution in [2.24, 2.45) is 0 Å². The molecule has 0 radical (unpaired) electrons. The fourth-order valence-electron chi connectivity index (χ4n) is 1.64. The molecule has 15 heavy (non-hydrogen) atoms. The van der Waals surface area contributed by atoms with Gasteiger partial charge < -0.3 is 9.47 Å². The topological polar surface area (TPSA) is 52.6 Å². The highest BCUT2D eigenvalue weighted by Crippen LogP contribution is 2.14. The van der Waals surface area contributed by atoms with E-state index in [1.807, 2.05) is 0 Å². The second-order valence-corrected chi connectivity index (χ2v) is 3.63. The molecule has 1 aliphatic heterocycles. The number of Topliss-reactive ketones (excluding diaryl/α,β-unsaturated/α-hetero) is 1. The average Bonchev–Trinajstić information content (AvgIpc) is 2.21. The molecular weight excluding hydrogens is 196 g/mol. The molecule has 0 aromatic carbocycles. The van der Waals surface area contributed by atoms with E-state index in [4.69, 9.17) is 9.47 Å². The van der Waals surface area contributed by atoms with Gasteiger partial charge in [0.15, 0.2) is 5.78 Å². The maximum absolute atomic E-state index is 11.4. The van der Waals surface area contributed by atoms with Crippen molar-refractivity contribution in [2.75, 3.05) is 13.2 Å². The summed E-state index contributed by atoms with van der Waals surface area (Å²) in [6, 6.07) is 0. The highest BCUT2D eigenvalue weighted by atomic mass is 16.5. The first kappa shape index (κ1) is 12.2. The Bertz CT molecular complexity index is 225. The maximum atomic E-state index is 11.4. The third-order valence-corrected chi connectivity index (χ3v) is 2.40. The van der Waals surface area contributed by atoms with Gasteiger partial charge in [-0.25, -0.2) is 0 Å².